The average Bonchev–Trinajstić information content (AvgIpc) is 2.37. The highest BCUT2D eigenvalue weighted by atomic mass is 19.1. The van der Waals surface area contributed by atoms with E-state index in [1.165, 1.54) is 0 Å². The third-order valence-corrected chi connectivity index (χ3v) is 2.46. The van der Waals surface area contributed by atoms with Gasteiger partial charge in [-0.3, -0.25) is 0 Å². The Kier molecular flexibility index (Phi) is 3.83. The lowest BCUT2D eigenvalue weighted by Gasteiger charge is -2.09. The smallest absolute Gasteiger partial charge is 0.339 e. The molecule has 0 aliphatic carbocycles. The minimum absolute atomic E-state index is 0.0515. The maximum atomic E-state index is 13.4. The molecular formula is C12H8F3N3O2. The van der Waals surface area contributed by atoms with Gasteiger partial charge in [0, 0.05) is 18.3 Å². The molecule has 8 heteroatoms. The maximum absolute atomic E-state index is 13.4. The van der Waals surface area contributed by atoms with Crippen molar-refractivity contribution in [1.82, 2.24) is 9.97 Å². The summed E-state index contributed by atoms with van der Waals surface area (Å²) in [5.41, 5.74) is -0.695. The summed E-state index contributed by atoms with van der Waals surface area (Å²) in [6.45, 7) is -0.246. The molecule has 0 spiro atoms. The van der Waals surface area contributed by atoms with Gasteiger partial charge in [0.2, 0.25) is 0 Å². The van der Waals surface area contributed by atoms with Crippen LogP contribution in [0.4, 0.5) is 18.9 Å². The van der Waals surface area contributed by atoms with Crippen LogP contribution in [0.5, 0.6) is 0 Å². The SMILES string of the molecule is O=C(O)c1cncnc1CNc1c(F)cc(F)cc1F. The Hall–Kier alpha value is -2.64. The van der Waals surface area contributed by atoms with Crippen molar-refractivity contribution in [3.63, 3.8) is 0 Å². The second kappa shape index (κ2) is 5.55. The fraction of sp³-hybridized carbons (Fsp3) is 0.0833. The molecule has 0 saturated carbocycles. The van der Waals surface area contributed by atoms with E-state index in [2.05, 4.69) is 15.3 Å². The number of aromatic nitrogens is 2. The minimum atomic E-state index is -1.26. The molecule has 104 valence electrons. The highest BCUT2D eigenvalue weighted by Crippen LogP contribution is 2.21. The highest BCUT2D eigenvalue weighted by molar-refractivity contribution is 5.88. The molecule has 5 nitrogen and oxygen atoms in total. The van der Waals surface area contributed by atoms with Crippen LogP contribution in [-0.4, -0.2) is 21.0 Å². The third kappa shape index (κ3) is 2.85. The van der Waals surface area contributed by atoms with Gasteiger partial charge in [0.25, 0.3) is 0 Å². The van der Waals surface area contributed by atoms with Gasteiger partial charge in [-0.2, -0.15) is 0 Å². The first-order valence-electron chi connectivity index (χ1n) is 5.39. The van der Waals surface area contributed by atoms with Crippen LogP contribution in [0.1, 0.15) is 16.1 Å². The summed E-state index contributed by atoms with van der Waals surface area (Å²) in [6, 6.07) is 1.03. The molecule has 0 aliphatic heterocycles. The Bertz CT molecular complexity index is 641. The molecule has 1 aromatic heterocycles. The van der Waals surface area contributed by atoms with E-state index in [1.54, 1.807) is 0 Å². The average molecular weight is 283 g/mol. The van der Waals surface area contributed by atoms with E-state index >= 15 is 0 Å². The molecule has 0 atom stereocenters. The Morgan fingerprint density at radius 2 is 1.90 bits per heavy atom. The number of rotatable bonds is 4. The molecule has 0 bridgehead atoms. The van der Waals surface area contributed by atoms with Crippen LogP contribution < -0.4 is 5.32 Å². The molecule has 2 aromatic rings. The van der Waals surface area contributed by atoms with E-state index in [1.807, 2.05) is 0 Å². The molecule has 1 aromatic carbocycles. The zero-order valence-electron chi connectivity index (χ0n) is 9.90. The van der Waals surface area contributed by atoms with Crippen LogP contribution in [0.15, 0.2) is 24.7 Å². The minimum Gasteiger partial charge on any atom is -0.478 e. The molecule has 0 saturated heterocycles. The monoisotopic (exact) mass is 283 g/mol. The van der Waals surface area contributed by atoms with Crippen molar-refractivity contribution >= 4 is 11.7 Å². The van der Waals surface area contributed by atoms with Crippen LogP contribution in [0, 0.1) is 17.5 Å². The molecule has 20 heavy (non-hydrogen) atoms. The maximum Gasteiger partial charge on any atom is 0.339 e. The van der Waals surface area contributed by atoms with Gasteiger partial charge >= 0.3 is 5.97 Å². The van der Waals surface area contributed by atoms with Crippen molar-refractivity contribution < 1.29 is 23.1 Å². The number of aromatic carboxylic acids is 1. The number of carboxylic acids is 1. The van der Waals surface area contributed by atoms with Gasteiger partial charge in [-0.1, -0.05) is 0 Å². The molecule has 2 rings (SSSR count). The zero-order valence-corrected chi connectivity index (χ0v) is 9.90. The molecule has 0 unspecified atom stereocenters. The van der Waals surface area contributed by atoms with Crippen molar-refractivity contribution in [1.29, 1.82) is 0 Å². The number of halogens is 3. The first kappa shape index (κ1) is 13.8. The molecule has 0 amide bonds. The summed E-state index contributed by atoms with van der Waals surface area (Å²) in [5.74, 6) is -4.54. The first-order valence-corrected chi connectivity index (χ1v) is 5.39. The molecule has 2 N–H and O–H groups in total. The summed E-state index contributed by atoms with van der Waals surface area (Å²) in [6.07, 6.45) is 2.19. The highest BCUT2D eigenvalue weighted by Gasteiger charge is 2.14. The summed E-state index contributed by atoms with van der Waals surface area (Å²) in [5, 5.41) is 11.3. The fourth-order valence-electron chi connectivity index (χ4n) is 1.56. The van der Waals surface area contributed by atoms with E-state index in [4.69, 9.17) is 5.11 Å². The number of nitrogens with one attached hydrogen (secondary N) is 1. The fourth-order valence-corrected chi connectivity index (χ4v) is 1.56. The van der Waals surface area contributed by atoms with E-state index in [9.17, 15) is 18.0 Å². The zero-order chi connectivity index (χ0) is 14.7. The number of nitrogens with zero attached hydrogens (tertiary/aromatic N) is 2. The number of benzene rings is 1. The van der Waals surface area contributed by atoms with E-state index in [0.717, 1.165) is 12.5 Å². The summed E-state index contributed by atoms with van der Waals surface area (Å²) in [7, 11) is 0. The van der Waals surface area contributed by atoms with Crippen molar-refractivity contribution in [2.75, 3.05) is 5.32 Å². The standard InChI is InChI=1S/C12H8F3N3O2/c13-6-1-8(14)11(9(15)2-6)17-4-10-7(12(19)20)3-16-5-18-10/h1-3,5,17H,4H2,(H,19,20). The lowest BCUT2D eigenvalue weighted by atomic mass is 10.2. The Morgan fingerprint density at radius 1 is 1.25 bits per heavy atom. The quantitative estimate of drug-likeness (QED) is 0.899. The first-order chi connectivity index (χ1) is 9.49. The van der Waals surface area contributed by atoms with Crippen molar-refractivity contribution in [2.45, 2.75) is 6.54 Å². The van der Waals surface area contributed by atoms with Crippen molar-refractivity contribution in [3.05, 3.63) is 53.4 Å². The Morgan fingerprint density at radius 3 is 2.50 bits per heavy atom. The van der Waals surface area contributed by atoms with Gasteiger partial charge in [-0.05, 0) is 0 Å². The summed E-state index contributed by atoms with van der Waals surface area (Å²) < 4.78 is 39.5. The van der Waals surface area contributed by atoms with Gasteiger partial charge in [0.1, 0.15) is 23.4 Å². The predicted molar refractivity (Wildman–Crippen MR) is 62.6 cm³/mol. The number of hydrogen-bond acceptors (Lipinski definition) is 4. The van der Waals surface area contributed by atoms with E-state index in [-0.39, 0.29) is 17.8 Å². The number of anilines is 1. The normalized spacial score (nSPS) is 10.3. The summed E-state index contributed by atoms with van der Waals surface area (Å²) >= 11 is 0. The predicted octanol–water partition coefficient (Wildman–Crippen LogP) is 2.20. The Balaban J connectivity index is 2.24. The van der Waals surface area contributed by atoms with Crippen LogP contribution in [0.3, 0.4) is 0 Å². The van der Waals surface area contributed by atoms with E-state index < -0.39 is 29.1 Å². The van der Waals surface area contributed by atoms with Gasteiger partial charge < -0.3 is 10.4 Å². The number of carboxylic acid groups (broad SMARTS) is 1. The van der Waals surface area contributed by atoms with Gasteiger partial charge in [0.05, 0.1) is 12.2 Å². The second-order valence-electron chi connectivity index (χ2n) is 3.79. The van der Waals surface area contributed by atoms with Crippen LogP contribution in [-0.2, 0) is 6.54 Å². The van der Waals surface area contributed by atoms with Crippen molar-refractivity contribution in [2.24, 2.45) is 0 Å². The Labute approximate surface area is 111 Å². The molecule has 0 radical (unpaired) electrons. The van der Waals surface area contributed by atoms with Gasteiger partial charge in [0.15, 0.2) is 11.6 Å². The number of hydrogen-bond donors (Lipinski definition) is 2. The van der Waals surface area contributed by atoms with Gasteiger partial charge in [-0.15, -0.1) is 0 Å². The number of carbonyl (C=O) groups is 1. The van der Waals surface area contributed by atoms with E-state index in [0.29, 0.717) is 12.1 Å². The summed E-state index contributed by atoms with van der Waals surface area (Å²) in [4.78, 5) is 18.2. The molecular weight excluding hydrogens is 275 g/mol. The molecule has 0 aliphatic rings. The molecule has 0 fully saturated rings. The van der Waals surface area contributed by atoms with Crippen LogP contribution in [0.25, 0.3) is 0 Å². The van der Waals surface area contributed by atoms with Crippen LogP contribution in [0.2, 0.25) is 0 Å². The molecule has 1 heterocycles. The van der Waals surface area contributed by atoms with Gasteiger partial charge in [-0.25, -0.2) is 27.9 Å². The van der Waals surface area contributed by atoms with Crippen LogP contribution >= 0.6 is 0 Å². The lowest BCUT2D eigenvalue weighted by Crippen LogP contribution is -2.11. The topological polar surface area (TPSA) is 75.1 Å². The second-order valence-corrected chi connectivity index (χ2v) is 3.79. The third-order valence-electron chi connectivity index (χ3n) is 2.46. The lowest BCUT2D eigenvalue weighted by molar-refractivity contribution is 0.0694. The largest absolute Gasteiger partial charge is 0.478 e. The van der Waals surface area contributed by atoms with Crippen molar-refractivity contribution in [3.8, 4) is 0 Å².